The molecule has 2 aliphatic heterocycles. The van der Waals surface area contributed by atoms with Gasteiger partial charge in [0.05, 0.1) is 8.47 Å². The van der Waals surface area contributed by atoms with Crippen LogP contribution in [0.3, 0.4) is 0 Å². The summed E-state index contributed by atoms with van der Waals surface area (Å²) in [5.41, 5.74) is 0. The molecule has 2 aliphatic rings. The molecule has 0 N–H and O–H groups in total. The molecule has 0 radical (unpaired) electrons. The Hall–Kier alpha value is 0.880. The lowest BCUT2D eigenvalue weighted by atomic mass is 10.3. The Balaban J connectivity index is 0.000000337. The van der Waals surface area contributed by atoms with Gasteiger partial charge < -0.3 is 0 Å². The quantitative estimate of drug-likeness (QED) is 0.565. The highest BCUT2D eigenvalue weighted by Gasteiger charge is 2.24. The van der Waals surface area contributed by atoms with E-state index in [4.69, 9.17) is 0 Å². The Bertz CT molecular complexity index is 235. The molecular formula is C11H18S4. The second-order valence-electron chi connectivity index (χ2n) is 3.59. The zero-order chi connectivity index (χ0) is 11.3. The van der Waals surface area contributed by atoms with Crippen molar-refractivity contribution in [1.82, 2.24) is 0 Å². The smallest absolute Gasteiger partial charge is 0.0659 e. The third kappa shape index (κ3) is 4.72. The first-order valence-electron chi connectivity index (χ1n) is 5.21. The van der Waals surface area contributed by atoms with E-state index >= 15 is 0 Å². The van der Waals surface area contributed by atoms with Gasteiger partial charge in [-0.3, -0.25) is 0 Å². The number of hydrogen-bond donors (Lipinski definition) is 0. The van der Waals surface area contributed by atoms with E-state index in [2.05, 4.69) is 27.4 Å². The van der Waals surface area contributed by atoms with E-state index in [0.29, 0.717) is 0 Å². The predicted molar refractivity (Wildman–Crippen MR) is 81.4 cm³/mol. The van der Waals surface area contributed by atoms with Crippen LogP contribution >= 0.6 is 47.0 Å². The molecule has 4 heteroatoms. The molecule has 0 aromatic heterocycles. The van der Waals surface area contributed by atoms with E-state index in [1.54, 1.807) is 0 Å². The van der Waals surface area contributed by atoms with Crippen LogP contribution in [0.1, 0.15) is 27.2 Å². The molecule has 2 rings (SSSR count). The summed E-state index contributed by atoms with van der Waals surface area (Å²) in [6.07, 6.45) is 1.25. The van der Waals surface area contributed by atoms with Crippen molar-refractivity contribution in [3.05, 3.63) is 19.3 Å². The fraction of sp³-hybridized carbons (Fsp3) is 0.636. The van der Waals surface area contributed by atoms with E-state index < -0.39 is 0 Å². The maximum Gasteiger partial charge on any atom is 0.0659 e. The standard InChI is InChI=1S/C8H10S4.C3H8/c1-5-3-9-7-8(10-4-5)12-6(2)11-7;1-3-2/h5H,2-4H2,1H3;3H2,1-2H3. The largest absolute Gasteiger partial charge is 0.117 e. The Morgan fingerprint density at radius 2 is 1.53 bits per heavy atom. The molecule has 0 spiro atoms. The molecule has 0 aromatic rings. The molecule has 0 aromatic carbocycles. The SMILES string of the molecule is C=C1SC2=C(SCC(C)CS2)S1.CCC. The average molecular weight is 279 g/mol. The van der Waals surface area contributed by atoms with E-state index in [1.165, 1.54) is 30.6 Å². The molecule has 2 heterocycles. The first-order valence-corrected chi connectivity index (χ1v) is 8.82. The van der Waals surface area contributed by atoms with Crippen LogP contribution in [0.2, 0.25) is 0 Å². The van der Waals surface area contributed by atoms with Gasteiger partial charge in [-0.05, 0) is 5.92 Å². The van der Waals surface area contributed by atoms with Crippen LogP contribution in [0, 0.1) is 5.92 Å². The van der Waals surface area contributed by atoms with Crippen LogP contribution in [0.25, 0.3) is 0 Å². The summed E-state index contributed by atoms with van der Waals surface area (Å²) in [5.74, 6) is 3.39. The molecule has 0 amide bonds. The van der Waals surface area contributed by atoms with Gasteiger partial charge in [0.15, 0.2) is 0 Å². The van der Waals surface area contributed by atoms with Gasteiger partial charge in [0.25, 0.3) is 0 Å². The van der Waals surface area contributed by atoms with E-state index in [9.17, 15) is 0 Å². The van der Waals surface area contributed by atoms with Crippen molar-refractivity contribution < 1.29 is 0 Å². The second-order valence-corrected chi connectivity index (χ2v) is 8.63. The minimum atomic E-state index is 0.847. The molecule has 15 heavy (non-hydrogen) atoms. The molecule has 0 saturated carbocycles. The van der Waals surface area contributed by atoms with Crippen molar-refractivity contribution in [1.29, 1.82) is 0 Å². The van der Waals surface area contributed by atoms with E-state index in [0.717, 1.165) is 5.92 Å². The number of hydrogen-bond acceptors (Lipinski definition) is 4. The molecule has 0 unspecified atom stereocenters. The van der Waals surface area contributed by atoms with Crippen molar-refractivity contribution in [2.75, 3.05) is 11.5 Å². The van der Waals surface area contributed by atoms with Crippen molar-refractivity contribution in [2.45, 2.75) is 27.2 Å². The predicted octanol–water partition coefficient (Wildman–Crippen LogP) is 5.60. The lowest BCUT2D eigenvalue weighted by molar-refractivity contribution is 0.767. The summed E-state index contributed by atoms with van der Waals surface area (Å²) >= 11 is 7.72. The van der Waals surface area contributed by atoms with Gasteiger partial charge in [0.1, 0.15) is 0 Å². The molecule has 0 aliphatic carbocycles. The molecule has 0 fully saturated rings. The van der Waals surface area contributed by atoms with Crippen LogP contribution in [0.15, 0.2) is 19.3 Å². The highest BCUT2D eigenvalue weighted by Crippen LogP contribution is 2.58. The van der Waals surface area contributed by atoms with Gasteiger partial charge in [-0.15, -0.1) is 23.5 Å². The normalized spacial score (nSPS) is 21.9. The maximum atomic E-state index is 3.99. The third-order valence-electron chi connectivity index (χ3n) is 1.58. The first kappa shape index (κ1) is 13.9. The Kier molecular flexibility index (Phi) is 6.74. The fourth-order valence-corrected chi connectivity index (χ4v) is 6.72. The molecule has 0 saturated heterocycles. The summed E-state index contributed by atoms with van der Waals surface area (Å²) < 4.78 is 4.24. The third-order valence-corrected chi connectivity index (χ3v) is 7.44. The van der Waals surface area contributed by atoms with Crippen LogP contribution in [0.5, 0.6) is 0 Å². The fourth-order valence-electron chi connectivity index (χ4n) is 0.972. The lowest BCUT2D eigenvalue weighted by Gasteiger charge is -2.05. The van der Waals surface area contributed by atoms with E-state index in [1.807, 2.05) is 47.0 Å². The number of rotatable bonds is 0. The van der Waals surface area contributed by atoms with Gasteiger partial charge in [-0.2, -0.15) is 0 Å². The Morgan fingerprint density at radius 3 is 1.93 bits per heavy atom. The average Bonchev–Trinajstić information content (AvgIpc) is 2.46. The highest BCUT2D eigenvalue weighted by atomic mass is 32.3. The topological polar surface area (TPSA) is 0 Å². The molecule has 0 atom stereocenters. The van der Waals surface area contributed by atoms with Gasteiger partial charge in [0, 0.05) is 15.7 Å². The Labute approximate surface area is 110 Å². The minimum Gasteiger partial charge on any atom is -0.117 e. The zero-order valence-corrected chi connectivity index (χ0v) is 12.8. The monoisotopic (exact) mass is 278 g/mol. The summed E-state index contributed by atoms with van der Waals surface area (Å²) in [6.45, 7) is 10.6. The van der Waals surface area contributed by atoms with Crippen molar-refractivity contribution in [3.8, 4) is 0 Å². The summed E-state index contributed by atoms with van der Waals surface area (Å²) in [7, 11) is 0. The van der Waals surface area contributed by atoms with Crippen LogP contribution in [-0.4, -0.2) is 11.5 Å². The summed E-state index contributed by atoms with van der Waals surface area (Å²) in [5, 5.41) is 0. The molecular weight excluding hydrogens is 260 g/mol. The Morgan fingerprint density at radius 1 is 1.13 bits per heavy atom. The van der Waals surface area contributed by atoms with Gasteiger partial charge >= 0.3 is 0 Å². The summed E-state index contributed by atoms with van der Waals surface area (Å²) in [4.78, 5) is 0. The molecule has 86 valence electrons. The second kappa shape index (κ2) is 7.25. The minimum absolute atomic E-state index is 0.847. The van der Waals surface area contributed by atoms with Crippen molar-refractivity contribution >= 4 is 47.0 Å². The van der Waals surface area contributed by atoms with Crippen LogP contribution < -0.4 is 0 Å². The highest BCUT2D eigenvalue weighted by molar-refractivity contribution is 8.40. The molecule has 0 nitrogen and oxygen atoms in total. The van der Waals surface area contributed by atoms with Gasteiger partial charge in [-0.1, -0.05) is 57.3 Å². The van der Waals surface area contributed by atoms with E-state index in [-0.39, 0.29) is 0 Å². The lowest BCUT2D eigenvalue weighted by Crippen LogP contribution is -1.98. The van der Waals surface area contributed by atoms with Crippen LogP contribution in [0.4, 0.5) is 0 Å². The van der Waals surface area contributed by atoms with Crippen LogP contribution in [-0.2, 0) is 0 Å². The zero-order valence-electron chi connectivity index (χ0n) is 9.54. The first-order chi connectivity index (χ1) is 7.17. The number of thioether (sulfide) groups is 4. The van der Waals surface area contributed by atoms with Crippen molar-refractivity contribution in [2.24, 2.45) is 5.92 Å². The van der Waals surface area contributed by atoms with Crippen molar-refractivity contribution in [3.63, 3.8) is 0 Å². The van der Waals surface area contributed by atoms with Gasteiger partial charge in [-0.25, -0.2) is 0 Å². The van der Waals surface area contributed by atoms with Gasteiger partial charge in [0.2, 0.25) is 0 Å². The maximum absolute atomic E-state index is 3.99. The molecule has 0 bridgehead atoms. The summed E-state index contributed by atoms with van der Waals surface area (Å²) in [6, 6.07) is 0.